The zero-order valence-corrected chi connectivity index (χ0v) is 14.2. The van der Waals surface area contributed by atoms with E-state index in [-0.39, 0.29) is 6.03 Å². The fourth-order valence-electron chi connectivity index (χ4n) is 3.07. The zero-order valence-electron chi connectivity index (χ0n) is 14.2. The van der Waals surface area contributed by atoms with Gasteiger partial charge >= 0.3 is 6.03 Å². The Hall–Kier alpha value is -2.21. The molecule has 3 rings (SSSR count). The Balaban J connectivity index is 1.52. The van der Waals surface area contributed by atoms with Crippen LogP contribution in [0.3, 0.4) is 0 Å². The number of carbonyl (C=O) groups is 1. The normalized spacial score (nSPS) is 18.3. The van der Waals surface area contributed by atoms with Crippen molar-refractivity contribution in [2.75, 3.05) is 51.4 Å². The quantitative estimate of drug-likeness (QED) is 0.923. The molecule has 2 aliphatic rings. The summed E-state index contributed by atoms with van der Waals surface area (Å²) < 4.78 is 10.7. The number of para-hydroxylation sites is 2. The topological polar surface area (TPSA) is 54.0 Å². The Morgan fingerprint density at radius 3 is 2.58 bits per heavy atom. The highest BCUT2D eigenvalue weighted by Gasteiger charge is 2.22. The van der Waals surface area contributed by atoms with Crippen LogP contribution in [0.5, 0.6) is 5.75 Å². The van der Waals surface area contributed by atoms with Gasteiger partial charge in [0.1, 0.15) is 5.75 Å². The molecule has 6 heteroatoms. The summed E-state index contributed by atoms with van der Waals surface area (Å²) >= 11 is 0. The van der Waals surface area contributed by atoms with E-state index < -0.39 is 0 Å². The first kappa shape index (κ1) is 16.6. The molecule has 0 radical (unpaired) electrons. The number of urea groups is 1. The first-order chi connectivity index (χ1) is 11.8. The third-order valence-electron chi connectivity index (χ3n) is 4.53. The monoisotopic (exact) mass is 331 g/mol. The summed E-state index contributed by atoms with van der Waals surface area (Å²) in [5.74, 6) is 0.875. The number of methoxy groups -OCH3 is 1. The molecule has 6 nitrogen and oxygen atoms in total. The van der Waals surface area contributed by atoms with Crippen molar-refractivity contribution < 1.29 is 14.3 Å². The number of hydrogen-bond donors (Lipinski definition) is 1. The molecular weight excluding hydrogens is 306 g/mol. The summed E-state index contributed by atoms with van der Waals surface area (Å²) in [5, 5.41) is 2.93. The molecule has 2 heterocycles. The van der Waals surface area contributed by atoms with Crippen LogP contribution in [-0.4, -0.2) is 57.4 Å². The second kappa shape index (κ2) is 8.06. The van der Waals surface area contributed by atoms with Gasteiger partial charge in [0.25, 0.3) is 0 Å². The van der Waals surface area contributed by atoms with Gasteiger partial charge in [0.05, 0.1) is 26.0 Å². The third kappa shape index (κ3) is 4.00. The van der Waals surface area contributed by atoms with Crippen molar-refractivity contribution in [3.05, 3.63) is 36.0 Å². The van der Waals surface area contributed by atoms with Gasteiger partial charge in [-0.25, -0.2) is 4.79 Å². The molecular formula is C18H25N3O3. The van der Waals surface area contributed by atoms with E-state index in [9.17, 15) is 4.79 Å². The van der Waals surface area contributed by atoms with E-state index in [0.29, 0.717) is 13.1 Å². The lowest BCUT2D eigenvalue weighted by atomic mass is 10.1. The van der Waals surface area contributed by atoms with Crippen molar-refractivity contribution in [2.24, 2.45) is 0 Å². The lowest BCUT2D eigenvalue weighted by Gasteiger charge is -2.36. The van der Waals surface area contributed by atoms with Gasteiger partial charge in [-0.1, -0.05) is 12.1 Å². The van der Waals surface area contributed by atoms with Crippen molar-refractivity contribution in [2.45, 2.75) is 12.8 Å². The van der Waals surface area contributed by atoms with Crippen molar-refractivity contribution in [3.8, 4) is 5.75 Å². The van der Waals surface area contributed by atoms with E-state index in [2.05, 4.69) is 16.3 Å². The molecule has 1 N–H and O–H groups in total. The van der Waals surface area contributed by atoms with Crippen LogP contribution < -0.4 is 15.0 Å². The molecule has 2 aliphatic heterocycles. The standard InChI is InChI=1S/C18H25N3O3/c1-23-17-5-3-2-4-16(17)20-8-10-21(11-9-20)18(22)19-14-15-6-12-24-13-7-15/h2-5,14H,6-13H2,1H3,(H,19,22). The Bertz CT molecular complexity index is 587. The lowest BCUT2D eigenvalue weighted by molar-refractivity contribution is 0.118. The first-order valence-electron chi connectivity index (χ1n) is 8.47. The van der Waals surface area contributed by atoms with Crippen molar-refractivity contribution >= 4 is 11.7 Å². The first-order valence-corrected chi connectivity index (χ1v) is 8.47. The molecule has 2 fully saturated rings. The van der Waals surface area contributed by atoms with Crippen molar-refractivity contribution in [3.63, 3.8) is 0 Å². The summed E-state index contributed by atoms with van der Waals surface area (Å²) in [7, 11) is 1.69. The number of nitrogens with zero attached hydrogens (tertiary/aromatic N) is 2. The molecule has 0 saturated carbocycles. The van der Waals surface area contributed by atoms with Gasteiger partial charge in [0.2, 0.25) is 0 Å². The number of amides is 2. The average Bonchev–Trinajstić information content (AvgIpc) is 2.67. The number of anilines is 1. The molecule has 130 valence electrons. The molecule has 1 aromatic rings. The fourth-order valence-corrected chi connectivity index (χ4v) is 3.07. The molecule has 2 saturated heterocycles. The molecule has 0 unspecified atom stereocenters. The number of nitrogens with one attached hydrogen (secondary N) is 1. The van der Waals surface area contributed by atoms with Crippen molar-refractivity contribution in [1.82, 2.24) is 10.2 Å². The van der Waals surface area contributed by atoms with Crippen molar-refractivity contribution in [1.29, 1.82) is 0 Å². The Kier molecular flexibility index (Phi) is 5.59. The van der Waals surface area contributed by atoms with Crippen LogP contribution in [0.2, 0.25) is 0 Å². The summed E-state index contributed by atoms with van der Waals surface area (Å²) in [6, 6.07) is 7.99. The number of ether oxygens (including phenoxy) is 2. The van der Waals surface area contributed by atoms with Gasteiger partial charge in [-0.15, -0.1) is 0 Å². The van der Waals surface area contributed by atoms with Gasteiger partial charge in [0, 0.05) is 32.4 Å². The molecule has 24 heavy (non-hydrogen) atoms. The van der Waals surface area contributed by atoms with Crippen LogP contribution in [0.25, 0.3) is 0 Å². The van der Waals surface area contributed by atoms with Gasteiger partial charge in [-0.05, 0) is 30.5 Å². The van der Waals surface area contributed by atoms with E-state index in [1.165, 1.54) is 5.57 Å². The van der Waals surface area contributed by atoms with Crippen LogP contribution >= 0.6 is 0 Å². The summed E-state index contributed by atoms with van der Waals surface area (Å²) in [6.07, 6.45) is 3.67. The lowest BCUT2D eigenvalue weighted by Crippen LogP contribution is -2.51. The van der Waals surface area contributed by atoms with Gasteiger partial charge in [-0.3, -0.25) is 0 Å². The van der Waals surface area contributed by atoms with E-state index in [1.807, 2.05) is 29.3 Å². The second-order valence-corrected chi connectivity index (χ2v) is 6.01. The average molecular weight is 331 g/mol. The molecule has 2 amide bonds. The van der Waals surface area contributed by atoms with E-state index in [0.717, 1.165) is 50.6 Å². The highest BCUT2D eigenvalue weighted by molar-refractivity contribution is 5.75. The summed E-state index contributed by atoms with van der Waals surface area (Å²) in [6.45, 7) is 4.52. The Morgan fingerprint density at radius 1 is 1.17 bits per heavy atom. The maximum Gasteiger partial charge on any atom is 0.321 e. The highest BCUT2D eigenvalue weighted by atomic mass is 16.5. The minimum Gasteiger partial charge on any atom is -0.495 e. The molecule has 0 aromatic heterocycles. The second-order valence-electron chi connectivity index (χ2n) is 6.01. The minimum absolute atomic E-state index is 0.0198. The van der Waals surface area contributed by atoms with Crippen LogP contribution in [0.15, 0.2) is 36.0 Å². The number of piperazine rings is 1. The fraction of sp³-hybridized carbons (Fsp3) is 0.500. The summed E-state index contributed by atoms with van der Waals surface area (Å²) in [4.78, 5) is 16.4. The van der Waals surface area contributed by atoms with E-state index in [1.54, 1.807) is 7.11 Å². The predicted molar refractivity (Wildman–Crippen MR) is 93.4 cm³/mol. The summed E-state index contributed by atoms with van der Waals surface area (Å²) in [5.41, 5.74) is 2.34. The van der Waals surface area contributed by atoms with Crippen LogP contribution in [-0.2, 0) is 4.74 Å². The third-order valence-corrected chi connectivity index (χ3v) is 4.53. The van der Waals surface area contributed by atoms with Gasteiger partial charge in [-0.2, -0.15) is 0 Å². The maximum atomic E-state index is 12.3. The van der Waals surface area contributed by atoms with Crippen LogP contribution in [0.1, 0.15) is 12.8 Å². The van der Waals surface area contributed by atoms with E-state index >= 15 is 0 Å². The molecule has 0 aliphatic carbocycles. The molecule has 0 bridgehead atoms. The maximum absolute atomic E-state index is 12.3. The SMILES string of the molecule is COc1ccccc1N1CCN(C(=O)NC=C2CCOCC2)CC1. The van der Waals surface area contributed by atoms with Crippen LogP contribution in [0.4, 0.5) is 10.5 Å². The smallest absolute Gasteiger partial charge is 0.321 e. The zero-order chi connectivity index (χ0) is 16.8. The largest absolute Gasteiger partial charge is 0.495 e. The Labute approximate surface area is 143 Å². The highest BCUT2D eigenvalue weighted by Crippen LogP contribution is 2.28. The number of rotatable bonds is 3. The molecule has 1 aromatic carbocycles. The van der Waals surface area contributed by atoms with Gasteiger partial charge < -0.3 is 24.6 Å². The predicted octanol–water partition coefficient (Wildman–Crippen LogP) is 2.22. The van der Waals surface area contributed by atoms with Crippen LogP contribution in [0, 0.1) is 0 Å². The molecule has 0 spiro atoms. The number of carbonyl (C=O) groups excluding carboxylic acids is 1. The molecule has 0 atom stereocenters. The number of benzene rings is 1. The van der Waals surface area contributed by atoms with E-state index in [4.69, 9.17) is 9.47 Å². The minimum atomic E-state index is -0.0198. The Morgan fingerprint density at radius 2 is 1.88 bits per heavy atom. The van der Waals surface area contributed by atoms with Gasteiger partial charge in [0.15, 0.2) is 0 Å². The number of hydrogen-bond acceptors (Lipinski definition) is 4.